The van der Waals surface area contributed by atoms with Crippen molar-refractivity contribution in [1.82, 2.24) is 0 Å². The third-order valence-electron chi connectivity index (χ3n) is 3.58. The van der Waals surface area contributed by atoms with Crippen LogP contribution in [0.5, 0.6) is 0 Å². The third-order valence-corrected chi connectivity index (χ3v) is 3.58. The van der Waals surface area contributed by atoms with Gasteiger partial charge in [-0.2, -0.15) is 0 Å². The number of aryl methyl sites for hydroxylation is 2. The second kappa shape index (κ2) is 6.38. The van der Waals surface area contributed by atoms with E-state index in [1.54, 1.807) is 0 Å². The summed E-state index contributed by atoms with van der Waals surface area (Å²) in [5, 5.41) is 0. The van der Waals surface area contributed by atoms with E-state index in [2.05, 4.69) is 75.4 Å². The zero-order valence-electron chi connectivity index (χ0n) is 12.1. The molecule has 0 aromatic heterocycles. The van der Waals surface area contributed by atoms with Crippen LogP contribution in [-0.4, -0.2) is 0 Å². The highest BCUT2D eigenvalue weighted by molar-refractivity contribution is 5.64. The molecule has 0 atom stereocenters. The molecule has 0 heteroatoms. The van der Waals surface area contributed by atoms with E-state index >= 15 is 0 Å². The molecule has 0 heterocycles. The van der Waals surface area contributed by atoms with Gasteiger partial charge in [-0.3, -0.25) is 0 Å². The Morgan fingerprint density at radius 3 is 2.05 bits per heavy atom. The smallest absolute Gasteiger partial charge is 0.00915 e. The minimum atomic E-state index is 1.00. The Morgan fingerprint density at radius 1 is 0.895 bits per heavy atom. The van der Waals surface area contributed by atoms with E-state index in [0.29, 0.717) is 0 Å². The number of rotatable bonds is 4. The maximum Gasteiger partial charge on any atom is -0.00915 e. The molecule has 0 saturated heterocycles. The summed E-state index contributed by atoms with van der Waals surface area (Å²) in [6.45, 7) is 6.50. The molecule has 19 heavy (non-hydrogen) atoms. The Hall–Kier alpha value is -1.82. The van der Waals surface area contributed by atoms with Crippen molar-refractivity contribution in [2.24, 2.45) is 0 Å². The van der Waals surface area contributed by atoms with Gasteiger partial charge in [-0.05, 0) is 49.0 Å². The molecule has 0 amide bonds. The van der Waals surface area contributed by atoms with Gasteiger partial charge < -0.3 is 0 Å². The van der Waals surface area contributed by atoms with E-state index in [-0.39, 0.29) is 0 Å². The minimum Gasteiger partial charge on any atom is -0.0766 e. The Labute approximate surface area is 116 Å². The Balaban J connectivity index is 2.06. The predicted octanol–water partition coefficient (Wildman–Crippen LogP) is 5.20. The zero-order chi connectivity index (χ0) is 13.7. The molecule has 2 rings (SSSR count). The molecule has 0 aliphatic carbocycles. The minimum absolute atomic E-state index is 1.00. The van der Waals surface area contributed by atoms with Crippen LogP contribution in [-0.2, 0) is 12.8 Å². The average Bonchev–Trinajstić information content (AvgIpc) is 2.46. The van der Waals surface area contributed by atoms with Crippen LogP contribution in [0.15, 0.2) is 54.6 Å². The van der Waals surface area contributed by atoms with E-state index in [1.807, 2.05) is 0 Å². The Morgan fingerprint density at radius 2 is 1.47 bits per heavy atom. The summed E-state index contributed by atoms with van der Waals surface area (Å²) >= 11 is 0. The van der Waals surface area contributed by atoms with Crippen molar-refractivity contribution in [3.05, 3.63) is 76.9 Å². The molecule has 0 unspecified atom stereocenters. The van der Waals surface area contributed by atoms with E-state index in [9.17, 15) is 0 Å². The first-order chi connectivity index (χ1) is 9.19. The second-order valence-corrected chi connectivity index (χ2v) is 5.13. The first kappa shape index (κ1) is 13.6. The molecule has 98 valence electrons. The first-order valence-electron chi connectivity index (χ1n) is 7.00. The zero-order valence-corrected chi connectivity index (χ0v) is 12.1. The third kappa shape index (κ3) is 3.82. The molecular weight excluding hydrogens is 228 g/mol. The van der Waals surface area contributed by atoms with Gasteiger partial charge >= 0.3 is 0 Å². The van der Waals surface area contributed by atoms with Gasteiger partial charge in [0.2, 0.25) is 0 Å². The fraction of sp³-hybridized carbons (Fsp3) is 0.263. The van der Waals surface area contributed by atoms with Crippen molar-refractivity contribution < 1.29 is 0 Å². The van der Waals surface area contributed by atoms with Gasteiger partial charge in [0.15, 0.2) is 0 Å². The number of benzene rings is 2. The van der Waals surface area contributed by atoms with Crippen LogP contribution in [0.1, 0.15) is 36.1 Å². The molecule has 0 aliphatic heterocycles. The largest absolute Gasteiger partial charge is 0.0766 e. The monoisotopic (exact) mass is 250 g/mol. The lowest BCUT2D eigenvalue weighted by molar-refractivity contribution is 1.13. The van der Waals surface area contributed by atoms with E-state index in [0.717, 1.165) is 12.8 Å². The van der Waals surface area contributed by atoms with Crippen LogP contribution in [0.3, 0.4) is 0 Å². The van der Waals surface area contributed by atoms with Crippen LogP contribution in [0.2, 0.25) is 0 Å². The van der Waals surface area contributed by atoms with Crippen molar-refractivity contribution in [3.63, 3.8) is 0 Å². The van der Waals surface area contributed by atoms with E-state index in [4.69, 9.17) is 0 Å². The average molecular weight is 250 g/mol. The van der Waals surface area contributed by atoms with Crippen LogP contribution in [0.25, 0.3) is 5.57 Å². The van der Waals surface area contributed by atoms with Gasteiger partial charge in [0.25, 0.3) is 0 Å². The molecule has 0 spiro atoms. The summed E-state index contributed by atoms with van der Waals surface area (Å²) in [5.41, 5.74) is 6.76. The number of hydrogen-bond donors (Lipinski definition) is 0. The van der Waals surface area contributed by atoms with Gasteiger partial charge in [-0.25, -0.2) is 0 Å². The van der Waals surface area contributed by atoms with Crippen LogP contribution in [0, 0.1) is 6.92 Å². The molecule has 0 bridgehead atoms. The Bertz CT molecular complexity index is 542. The van der Waals surface area contributed by atoms with Crippen molar-refractivity contribution in [2.45, 2.75) is 33.6 Å². The standard InChI is InChI=1S/C19H22/c1-4-17-9-11-18(12-10-17)8-7-16(3)19-13-5-15(2)6-14-19/h5-7,9-14H,4,8H2,1-3H3. The van der Waals surface area contributed by atoms with Crippen LogP contribution in [0.4, 0.5) is 0 Å². The normalized spacial score (nSPS) is 11.6. The fourth-order valence-corrected chi connectivity index (χ4v) is 2.12. The fourth-order valence-electron chi connectivity index (χ4n) is 2.12. The lowest BCUT2D eigenvalue weighted by Crippen LogP contribution is -1.86. The topological polar surface area (TPSA) is 0 Å². The van der Waals surface area contributed by atoms with Gasteiger partial charge in [0, 0.05) is 0 Å². The summed E-state index contributed by atoms with van der Waals surface area (Å²) < 4.78 is 0. The molecule has 2 aromatic rings. The molecule has 0 aliphatic rings. The van der Waals surface area contributed by atoms with Crippen LogP contribution < -0.4 is 0 Å². The number of allylic oxidation sites excluding steroid dienone is 2. The lowest BCUT2D eigenvalue weighted by Gasteiger charge is -2.04. The number of hydrogen-bond acceptors (Lipinski definition) is 0. The molecular formula is C19H22. The van der Waals surface area contributed by atoms with Crippen LogP contribution >= 0.6 is 0 Å². The lowest BCUT2D eigenvalue weighted by atomic mass is 10.0. The van der Waals surface area contributed by atoms with E-state index in [1.165, 1.54) is 27.8 Å². The molecule has 2 aromatic carbocycles. The quantitative estimate of drug-likeness (QED) is 0.699. The summed E-state index contributed by atoms with van der Waals surface area (Å²) in [6, 6.07) is 17.7. The maximum atomic E-state index is 2.31. The molecule has 0 radical (unpaired) electrons. The van der Waals surface area contributed by atoms with Gasteiger partial charge in [-0.15, -0.1) is 0 Å². The summed E-state index contributed by atoms with van der Waals surface area (Å²) in [4.78, 5) is 0. The highest BCUT2D eigenvalue weighted by Gasteiger charge is 1.96. The van der Waals surface area contributed by atoms with Gasteiger partial charge in [-0.1, -0.05) is 67.1 Å². The molecule has 0 N–H and O–H groups in total. The summed E-state index contributed by atoms with van der Waals surface area (Å²) in [7, 11) is 0. The van der Waals surface area contributed by atoms with Crippen molar-refractivity contribution in [2.75, 3.05) is 0 Å². The maximum absolute atomic E-state index is 2.31. The highest BCUT2D eigenvalue weighted by atomic mass is 14.0. The molecule has 0 saturated carbocycles. The summed E-state index contributed by atoms with van der Waals surface area (Å²) in [5.74, 6) is 0. The van der Waals surface area contributed by atoms with Crippen molar-refractivity contribution in [1.29, 1.82) is 0 Å². The SMILES string of the molecule is CCc1ccc(CC=C(C)c2ccc(C)cc2)cc1. The van der Waals surface area contributed by atoms with E-state index < -0.39 is 0 Å². The van der Waals surface area contributed by atoms with Gasteiger partial charge in [0.05, 0.1) is 0 Å². The highest BCUT2D eigenvalue weighted by Crippen LogP contribution is 2.16. The summed E-state index contributed by atoms with van der Waals surface area (Å²) in [6.07, 6.45) is 4.42. The van der Waals surface area contributed by atoms with Gasteiger partial charge in [0.1, 0.15) is 0 Å². The van der Waals surface area contributed by atoms with Crippen molar-refractivity contribution >= 4 is 5.57 Å². The predicted molar refractivity (Wildman–Crippen MR) is 84.4 cm³/mol. The molecule has 0 nitrogen and oxygen atoms in total. The second-order valence-electron chi connectivity index (χ2n) is 5.13. The Kier molecular flexibility index (Phi) is 4.57. The molecule has 0 fully saturated rings. The first-order valence-corrected chi connectivity index (χ1v) is 7.00. The van der Waals surface area contributed by atoms with Crippen molar-refractivity contribution in [3.8, 4) is 0 Å².